The van der Waals surface area contributed by atoms with Crippen LogP contribution in [0.3, 0.4) is 0 Å². The Balaban J connectivity index is 1.47. The first-order valence-corrected chi connectivity index (χ1v) is 11.7. The zero-order valence-electron chi connectivity index (χ0n) is 14.3. The molecule has 4 nitrogen and oxygen atoms in total. The molecule has 1 amide bonds. The van der Waals surface area contributed by atoms with Crippen molar-refractivity contribution in [3.05, 3.63) is 68.8 Å². The van der Waals surface area contributed by atoms with Crippen molar-refractivity contribution in [3.8, 4) is 10.6 Å². The fourth-order valence-corrected chi connectivity index (χ4v) is 5.57. The number of aromatic nitrogens is 2. The molecule has 0 radical (unpaired) electrons. The van der Waals surface area contributed by atoms with E-state index in [2.05, 4.69) is 20.7 Å². The molecule has 0 aliphatic rings. The second kappa shape index (κ2) is 8.35. The zero-order chi connectivity index (χ0) is 18.6. The van der Waals surface area contributed by atoms with E-state index >= 15 is 0 Å². The third-order valence-electron chi connectivity index (χ3n) is 3.67. The smallest absolute Gasteiger partial charge is 0.258 e. The van der Waals surface area contributed by atoms with E-state index in [4.69, 9.17) is 0 Å². The van der Waals surface area contributed by atoms with Gasteiger partial charge in [0.15, 0.2) is 5.13 Å². The molecule has 8 heteroatoms. The Labute approximate surface area is 173 Å². The van der Waals surface area contributed by atoms with Crippen LogP contribution in [0, 0.1) is 6.92 Å². The molecule has 3 heterocycles. The first-order chi connectivity index (χ1) is 13.2. The van der Waals surface area contributed by atoms with Crippen LogP contribution in [0.1, 0.15) is 21.1 Å². The number of carbonyl (C=O) groups is 1. The third kappa shape index (κ3) is 4.47. The van der Waals surface area contributed by atoms with Crippen molar-refractivity contribution < 1.29 is 4.79 Å². The maximum atomic E-state index is 12.8. The fraction of sp³-hybridized carbons (Fsp3) is 0.105. The van der Waals surface area contributed by atoms with Crippen molar-refractivity contribution in [2.75, 3.05) is 5.32 Å². The van der Waals surface area contributed by atoms with E-state index in [1.807, 2.05) is 54.1 Å². The van der Waals surface area contributed by atoms with E-state index in [-0.39, 0.29) is 5.91 Å². The molecule has 3 aromatic heterocycles. The molecule has 0 aliphatic carbocycles. The molecule has 4 rings (SSSR count). The highest BCUT2D eigenvalue weighted by molar-refractivity contribution is 7.98. The minimum atomic E-state index is -0.139. The SMILES string of the molecule is Cc1nc(CSc2ccccc2C(=O)Nc2nc(-c3cccs3)cs2)cs1. The van der Waals surface area contributed by atoms with Crippen LogP contribution in [0.4, 0.5) is 5.13 Å². The minimum Gasteiger partial charge on any atom is -0.298 e. The Hall–Kier alpha value is -2.00. The van der Waals surface area contributed by atoms with Crippen LogP contribution in [0.15, 0.2) is 57.4 Å². The van der Waals surface area contributed by atoms with Gasteiger partial charge in [-0.25, -0.2) is 9.97 Å². The van der Waals surface area contributed by atoms with Crippen LogP contribution in [0.25, 0.3) is 10.6 Å². The monoisotopic (exact) mass is 429 g/mol. The van der Waals surface area contributed by atoms with Gasteiger partial charge in [-0.05, 0) is 30.5 Å². The number of nitrogens with zero attached hydrogens (tertiary/aromatic N) is 2. The zero-order valence-corrected chi connectivity index (χ0v) is 17.6. The lowest BCUT2D eigenvalue weighted by Crippen LogP contribution is -2.12. The van der Waals surface area contributed by atoms with Crippen LogP contribution < -0.4 is 5.32 Å². The Kier molecular flexibility index (Phi) is 5.68. The van der Waals surface area contributed by atoms with Crippen LogP contribution in [-0.4, -0.2) is 15.9 Å². The average Bonchev–Trinajstić information content (AvgIpc) is 3.42. The number of aryl methyl sites for hydroxylation is 1. The number of amides is 1. The van der Waals surface area contributed by atoms with Gasteiger partial charge >= 0.3 is 0 Å². The van der Waals surface area contributed by atoms with Crippen molar-refractivity contribution in [1.82, 2.24) is 9.97 Å². The lowest BCUT2D eigenvalue weighted by Gasteiger charge is -2.08. The van der Waals surface area contributed by atoms with E-state index in [9.17, 15) is 4.79 Å². The molecule has 0 aliphatic heterocycles. The summed E-state index contributed by atoms with van der Waals surface area (Å²) in [6, 6.07) is 11.7. The number of rotatable bonds is 6. The number of benzene rings is 1. The summed E-state index contributed by atoms with van der Waals surface area (Å²) < 4.78 is 0. The largest absolute Gasteiger partial charge is 0.298 e. The van der Waals surface area contributed by atoms with Gasteiger partial charge in [0, 0.05) is 21.4 Å². The van der Waals surface area contributed by atoms with Crippen molar-refractivity contribution in [2.45, 2.75) is 17.6 Å². The lowest BCUT2D eigenvalue weighted by atomic mass is 10.2. The van der Waals surface area contributed by atoms with Crippen molar-refractivity contribution in [3.63, 3.8) is 0 Å². The third-order valence-corrected chi connectivity index (χ3v) is 7.25. The van der Waals surface area contributed by atoms with Crippen molar-refractivity contribution in [1.29, 1.82) is 0 Å². The van der Waals surface area contributed by atoms with Crippen LogP contribution in [0.2, 0.25) is 0 Å². The predicted octanol–water partition coefficient (Wildman–Crippen LogP) is 6.18. The maximum absolute atomic E-state index is 12.8. The molecule has 0 saturated carbocycles. The molecular formula is C19H15N3OS4. The van der Waals surface area contributed by atoms with Gasteiger partial charge in [-0.2, -0.15) is 0 Å². The van der Waals surface area contributed by atoms with Crippen LogP contribution in [0.5, 0.6) is 0 Å². The summed E-state index contributed by atoms with van der Waals surface area (Å²) in [5.74, 6) is 0.605. The van der Waals surface area contributed by atoms with Gasteiger partial charge in [-0.15, -0.1) is 45.8 Å². The van der Waals surface area contributed by atoms with Crippen LogP contribution >= 0.6 is 45.8 Å². The van der Waals surface area contributed by atoms with Crippen LogP contribution in [-0.2, 0) is 5.75 Å². The number of hydrogen-bond donors (Lipinski definition) is 1. The number of nitrogens with one attached hydrogen (secondary N) is 1. The number of hydrogen-bond acceptors (Lipinski definition) is 7. The Bertz CT molecular complexity index is 1050. The summed E-state index contributed by atoms with van der Waals surface area (Å²) in [5, 5.41) is 10.6. The topological polar surface area (TPSA) is 54.9 Å². The van der Waals surface area contributed by atoms with E-state index in [1.54, 1.807) is 34.4 Å². The molecule has 27 heavy (non-hydrogen) atoms. The van der Waals surface area contributed by atoms with Gasteiger partial charge in [0.1, 0.15) is 0 Å². The standard InChI is InChI=1S/C19H15N3OS4/c1-12-20-13(9-25-12)10-26-16-6-3-2-5-14(16)18(23)22-19-21-15(11-27-19)17-7-4-8-24-17/h2-9,11H,10H2,1H3,(H,21,22,23). The van der Waals surface area contributed by atoms with Gasteiger partial charge in [-0.1, -0.05) is 18.2 Å². The first-order valence-electron chi connectivity index (χ1n) is 8.12. The molecular weight excluding hydrogens is 414 g/mol. The maximum Gasteiger partial charge on any atom is 0.258 e. The average molecular weight is 430 g/mol. The van der Waals surface area contributed by atoms with E-state index in [1.165, 1.54) is 11.3 Å². The second-order valence-corrected chi connectivity index (χ2v) is 9.50. The summed E-state index contributed by atoms with van der Waals surface area (Å²) in [6.07, 6.45) is 0. The van der Waals surface area contributed by atoms with Gasteiger partial charge in [0.2, 0.25) is 0 Å². The quantitative estimate of drug-likeness (QED) is 0.372. The molecule has 0 fully saturated rings. The molecule has 0 atom stereocenters. The molecule has 136 valence electrons. The van der Waals surface area contributed by atoms with E-state index < -0.39 is 0 Å². The predicted molar refractivity (Wildman–Crippen MR) is 116 cm³/mol. The Morgan fingerprint density at radius 3 is 2.74 bits per heavy atom. The van der Waals surface area contributed by atoms with Gasteiger partial charge in [0.05, 0.1) is 26.8 Å². The molecule has 0 unspecified atom stereocenters. The molecule has 0 saturated heterocycles. The van der Waals surface area contributed by atoms with Gasteiger partial charge < -0.3 is 0 Å². The summed E-state index contributed by atoms with van der Waals surface area (Å²) in [6.45, 7) is 2.00. The summed E-state index contributed by atoms with van der Waals surface area (Å²) >= 11 is 6.34. The van der Waals surface area contributed by atoms with Crippen molar-refractivity contribution in [2.24, 2.45) is 0 Å². The Morgan fingerprint density at radius 1 is 1.07 bits per heavy atom. The number of thiophene rings is 1. The van der Waals surface area contributed by atoms with E-state index in [0.717, 1.165) is 31.9 Å². The lowest BCUT2D eigenvalue weighted by molar-refractivity contribution is 0.102. The molecule has 1 N–H and O–H groups in total. The number of carbonyl (C=O) groups excluding carboxylic acids is 1. The normalized spacial score (nSPS) is 10.9. The molecule has 4 aromatic rings. The second-order valence-electron chi connectivity index (χ2n) is 5.61. The number of anilines is 1. The van der Waals surface area contributed by atoms with E-state index in [0.29, 0.717) is 10.7 Å². The summed E-state index contributed by atoms with van der Waals surface area (Å²) in [7, 11) is 0. The molecule has 0 spiro atoms. The highest BCUT2D eigenvalue weighted by Crippen LogP contribution is 2.30. The van der Waals surface area contributed by atoms with Gasteiger partial charge in [0.25, 0.3) is 5.91 Å². The van der Waals surface area contributed by atoms with Gasteiger partial charge in [-0.3, -0.25) is 10.1 Å². The Morgan fingerprint density at radius 2 is 1.96 bits per heavy atom. The minimum absolute atomic E-state index is 0.139. The first kappa shape index (κ1) is 18.4. The fourth-order valence-electron chi connectivity index (χ4n) is 2.44. The molecule has 1 aromatic carbocycles. The molecule has 0 bridgehead atoms. The van der Waals surface area contributed by atoms with Crippen molar-refractivity contribution >= 4 is 56.8 Å². The summed E-state index contributed by atoms with van der Waals surface area (Å²) in [4.78, 5) is 23.8. The number of thiazole rings is 2. The highest BCUT2D eigenvalue weighted by Gasteiger charge is 2.14. The number of thioether (sulfide) groups is 1. The summed E-state index contributed by atoms with van der Waals surface area (Å²) in [5.41, 5.74) is 2.59. The highest BCUT2D eigenvalue weighted by atomic mass is 32.2.